The monoisotopic (exact) mass is 776 g/mol. The first-order valence-electron chi connectivity index (χ1n) is 20.3. The number of esters is 2. The second kappa shape index (κ2) is 35.9. The molecule has 54 heavy (non-hydrogen) atoms. The van der Waals surface area contributed by atoms with Crippen molar-refractivity contribution >= 4 is 19.8 Å². The molecular formula is C44H74NO8P. The highest BCUT2D eigenvalue weighted by Gasteiger charge is 2.21. The number of hydrogen-bond donors (Lipinski definition) is 0. The molecule has 2 atom stereocenters. The van der Waals surface area contributed by atoms with E-state index in [1.54, 1.807) is 6.08 Å². The zero-order chi connectivity index (χ0) is 40.0. The lowest BCUT2D eigenvalue weighted by atomic mass is 10.1. The van der Waals surface area contributed by atoms with Crippen molar-refractivity contribution in [1.29, 1.82) is 0 Å². The lowest BCUT2D eigenvalue weighted by Crippen LogP contribution is -2.37. The van der Waals surface area contributed by atoms with E-state index in [1.165, 1.54) is 25.7 Å². The zero-order valence-electron chi connectivity index (χ0n) is 34.4. The van der Waals surface area contributed by atoms with Gasteiger partial charge in [0.1, 0.15) is 19.8 Å². The Bertz CT molecular complexity index is 1200. The maximum atomic E-state index is 12.6. The Morgan fingerprint density at radius 2 is 1.11 bits per heavy atom. The van der Waals surface area contributed by atoms with E-state index in [0.717, 1.165) is 64.2 Å². The molecule has 0 fully saturated rings. The lowest BCUT2D eigenvalue weighted by molar-refractivity contribution is -0.870. The van der Waals surface area contributed by atoms with Gasteiger partial charge in [-0.05, 0) is 70.6 Å². The molecule has 0 radical (unpaired) electrons. The summed E-state index contributed by atoms with van der Waals surface area (Å²) in [5.74, 6) is -1.01. The van der Waals surface area contributed by atoms with Crippen molar-refractivity contribution in [3.05, 3.63) is 85.1 Å². The number of phosphoric acid groups is 1. The lowest BCUT2D eigenvalue weighted by Gasteiger charge is -2.28. The van der Waals surface area contributed by atoms with E-state index in [4.69, 9.17) is 18.5 Å². The Labute approximate surface area is 329 Å². The van der Waals surface area contributed by atoms with Crippen molar-refractivity contribution in [2.45, 2.75) is 136 Å². The number of quaternary nitrogens is 1. The van der Waals surface area contributed by atoms with Crippen LogP contribution in [-0.4, -0.2) is 70.0 Å². The quantitative estimate of drug-likeness (QED) is 0.0206. The maximum absolute atomic E-state index is 12.6. The number of hydrogen-bond acceptors (Lipinski definition) is 8. The van der Waals surface area contributed by atoms with Crippen LogP contribution in [0.4, 0.5) is 0 Å². The predicted octanol–water partition coefficient (Wildman–Crippen LogP) is 10.6. The Balaban J connectivity index is 4.59. The van der Waals surface area contributed by atoms with Crippen LogP contribution in [0.5, 0.6) is 0 Å². The molecule has 9 nitrogen and oxygen atoms in total. The maximum Gasteiger partial charge on any atom is 0.310 e. The molecule has 0 N–H and O–H groups in total. The first-order valence-corrected chi connectivity index (χ1v) is 21.8. The number of ether oxygens (including phenoxy) is 2. The number of unbranched alkanes of at least 4 members (excludes halogenated alkanes) is 8. The minimum absolute atomic E-state index is 0.0149. The molecule has 0 heterocycles. The van der Waals surface area contributed by atoms with Crippen molar-refractivity contribution in [2.24, 2.45) is 0 Å². The smallest absolute Gasteiger partial charge is 0.310 e. The molecule has 0 amide bonds. The third-order valence-electron chi connectivity index (χ3n) is 7.93. The van der Waals surface area contributed by atoms with Gasteiger partial charge in [-0.15, -0.1) is 0 Å². The van der Waals surface area contributed by atoms with Crippen molar-refractivity contribution in [1.82, 2.24) is 0 Å². The fraction of sp³-hybridized carbons (Fsp3) is 0.636. The number of carbonyl (C=O) groups excluding carboxylic acids is 2. The summed E-state index contributed by atoms with van der Waals surface area (Å²) in [4.78, 5) is 37.4. The molecule has 0 bridgehead atoms. The molecule has 0 aliphatic carbocycles. The Morgan fingerprint density at radius 1 is 0.611 bits per heavy atom. The molecule has 0 aromatic rings. The summed E-state index contributed by atoms with van der Waals surface area (Å²) in [6.45, 7) is 3.92. The van der Waals surface area contributed by atoms with Crippen LogP contribution in [0.15, 0.2) is 85.1 Å². The highest BCUT2D eigenvalue weighted by Crippen LogP contribution is 2.38. The minimum atomic E-state index is -4.65. The van der Waals surface area contributed by atoms with Crippen molar-refractivity contribution in [2.75, 3.05) is 47.5 Å². The van der Waals surface area contributed by atoms with Gasteiger partial charge >= 0.3 is 11.9 Å². The van der Waals surface area contributed by atoms with Gasteiger partial charge in [-0.2, -0.15) is 0 Å². The second-order valence-corrected chi connectivity index (χ2v) is 15.7. The number of carbonyl (C=O) groups is 2. The molecule has 0 rings (SSSR count). The van der Waals surface area contributed by atoms with Gasteiger partial charge in [0, 0.05) is 6.42 Å². The fourth-order valence-corrected chi connectivity index (χ4v) is 5.49. The van der Waals surface area contributed by atoms with Crippen LogP contribution in [-0.2, 0) is 32.7 Å². The van der Waals surface area contributed by atoms with Crippen LogP contribution >= 0.6 is 7.82 Å². The summed E-state index contributed by atoms with van der Waals surface area (Å²) in [5, 5.41) is 0. The molecule has 0 aromatic carbocycles. The molecule has 0 saturated carbocycles. The molecule has 0 saturated heterocycles. The van der Waals surface area contributed by atoms with E-state index in [9.17, 15) is 19.0 Å². The van der Waals surface area contributed by atoms with Crippen LogP contribution in [0.2, 0.25) is 0 Å². The van der Waals surface area contributed by atoms with Gasteiger partial charge in [-0.3, -0.25) is 14.2 Å². The summed E-state index contributed by atoms with van der Waals surface area (Å²) < 4.78 is 33.6. The molecule has 0 aliphatic heterocycles. The van der Waals surface area contributed by atoms with Gasteiger partial charge in [0.15, 0.2) is 6.10 Å². The highest BCUT2D eigenvalue weighted by molar-refractivity contribution is 7.45. The number of allylic oxidation sites excluding steroid dienone is 13. The minimum Gasteiger partial charge on any atom is -0.756 e. The van der Waals surface area contributed by atoms with Crippen LogP contribution < -0.4 is 4.89 Å². The third kappa shape index (κ3) is 38.9. The summed E-state index contributed by atoms with van der Waals surface area (Å²) in [5.41, 5.74) is 0. The summed E-state index contributed by atoms with van der Waals surface area (Å²) in [7, 11) is 1.08. The number of rotatable bonds is 35. The van der Waals surface area contributed by atoms with E-state index in [-0.39, 0.29) is 26.1 Å². The summed E-state index contributed by atoms with van der Waals surface area (Å²) in [6, 6.07) is 0. The molecule has 0 aromatic heterocycles. The number of likely N-dealkylation sites (N-methyl/N-ethyl adjacent to an activating group) is 1. The third-order valence-corrected chi connectivity index (χ3v) is 8.90. The van der Waals surface area contributed by atoms with Crippen LogP contribution in [0.3, 0.4) is 0 Å². The molecule has 0 spiro atoms. The average Bonchev–Trinajstić information content (AvgIpc) is 3.12. The number of phosphoric ester groups is 1. The van der Waals surface area contributed by atoms with E-state index >= 15 is 0 Å². The molecular weight excluding hydrogens is 701 g/mol. The molecule has 0 aliphatic rings. The first kappa shape index (κ1) is 51.2. The van der Waals surface area contributed by atoms with Crippen LogP contribution in [0, 0.1) is 0 Å². The number of nitrogens with zero attached hydrogens (tertiary/aromatic N) is 1. The zero-order valence-corrected chi connectivity index (χ0v) is 35.3. The molecule has 2 unspecified atom stereocenters. The van der Waals surface area contributed by atoms with Gasteiger partial charge in [0.2, 0.25) is 0 Å². The molecule has 10 heteroatoms. The predicted molar refractivity (Wildman–Crippen MR) is 222 cm³/mol. The SMILES string of the molecule is CC/C=C\C/C=C\C/C=C\C/C=C\C/C=C\CC(=O)OC(COC(=O)CCCCCCC/C=C\C/C=C\CCCCC)COP(=O)([O-])OCC[N+](C)(C)C. The van der Waals surface area contributed by atoms with E-state index in [2.05, 4.69) is 80.7 Å². The van der Waals surface area contributed by atoms with Crippen LogP contribution in [0.1, 0.15) is 129 Å². The van der Waals surface area contributed by atoms with Crippen LogP contribution in [0.25, 0.3) is 0 Å². The molecule has 308 valence electrons. The van der Waals surface area contributed by atoms with E-state index < -0.39 is 32.5 Å². The Morgan fingerprint density at radius 3 is 1.67 bits per heavy atom. The largest absolute Gasteiger partial charge is 0.756 e. The average molecular weight is 776 g/mol. The fourth-order valence-electron chi connectivity index (χ4n) is 4.76. The summed E-state index contributed by atoms with van der Waals surface area (Å²) >= 11 is 0. The van der Waals surface area contributed by atoms with Crippen molar-refractivity contribution in [3.63, 3.8) is 0 Å². The van der Waals surface area contributed by atoms with Crippen molar-refractivity contribution in [3.8, 4) is 0 Å². The van der Waals surface area contributed by atoms with Gasteiger partial charge in [0.05, 0.1) is 34.2 Å². The Kier molecular flexibility index (Phi) is 34.0. The van der Waals surface area contributed by atoms with Gasteiger partial charge in [-0.25, -0.2) is 0 Å². The Hall–Kier alpha value is -2.81. The highest BCUT2D eigenvalue weighted by atomic mass is 31.2. The van der Waals surface area contributed by atoms with Crippen molar-refractivity contribution < 1.29 is 42.1 Å². The van der Waals surface area contributed by atoms with E-state index in [1.807, 2.05) is 33.3 Å². The van der Waals surface area contributed by atoms with E-state index in [0.29, 0.717) is 23.9 Å². The standard InChI is InChI=1S/C44H74NO8P/c1-6-8-10-12-14-16-18-20-22-24-26-28-30-32-34-36-43(46)50-40-42(41-52-54(48,49)51-39-38-45(3,4)5)53-44(47)37-35-33-31-29-27-25-23-21-19-17-15-13-11-9-7-2/h9,11,14-17,20-23,27,29,33,35,42H,6-8,10,12-13,18-19,24-26,28,30-32,34,36-41H2,1-5H3/b11-9-,16-14-,17-15-,22-20-,23-21-,29-27-,35-33-. The van der Waals surface area contributed by atoms with Gasteiger partial charge in [-0.1, -0.05) is 131 Å². The van der Waals surface area contributed by atoms with Gasteiger partial charge in [0.25, 0.3) is 7.82 Å². The normalized spacial score (nSPS) is 14.6. The topological polar surface area (TPSA) is 111 Å². The van der Waals surface area contributed by atoms with Gasteiger partial charge < -0.3 is 27.9 Å². The first-order chi connectivity index (χ1) is 26.0. The summed E-state index contributed by atoms with van der Waals surface area (Å²) in [6.07, 6.45) is 45.0. The second-order valence-electron chi connectivity index (χ2n) is 14.3.